The fourth-order valence-electron chi connectivity index (χ4n) is 2.91. The highest BCUT2D eigenvalue weighted by Crippen LogP contribution is 2.34. The third kappa shape index (κ3) is 2.17. The summed E-state index contributed by atoms with van der Waals surface area (Å²) in [5.74, 6) is -0.354. The Balaban J connectivity index is 2.49. The Labute approximate surface area is 138 Å². The van der Waals surface area contributed by atoms with Crippen LogP contribution in [0.25, 0.3) is 16.9 Å². The lowest BCUT2D eigenvalue weighted by atomic mass is 10.1. The number of aromatic nitrogens is 3. The SMILES string of the molecule is CCc1cnc2c(n1)c(C(N)=O)c(N)n2-c1c(C)ccc(O)c1C. The summed E-state index contributed by atoms with van der Waals surface area (Å²) in [6.45, 7) is 5.62. The van der Waals surface area contributed by atoms with Gasteiger partial charge >= 0.3 is 0 Å². The average molecular weight is 325 g/mol. The van der Waals surface area contributed by atoms with Crippen molar-refractivity contribution in [1.29, 1.82) is 0 Å². The summed E-state index contributed by atoms with van der Waals surface area (Å²) in [6, 6.07) is 3.40. The van der Waals surface area contributed by atoms with E-state index in [1.807, 2.05) is 13.8 Å². The Morgan fingerprint density at radius 1 is 1.33 bits per heavy atom. The van der Waals surface area contributed by atoms with Crippen LogP contribution in [-0.2, 0) is 6.42 Å². The van der Waals surface area contributed by atoms with Crippen molar-refractivity contribution in [3.05, 3.63) is 40.7 Å². The van der Waals surface area contributed by atoms with Crippen molar-refractivity contribution in [2.75, 3.05) is 5.73 Å². The van der Waals surface area contributed by atoms with E-state index in [1.165, 1.54) is 0 Å². The molecule has 0 unspecified atom stereocenters. The first-order valence-corrected chi connectivity index (χ1v) is 7.61. The molecule has 1 amide bonds. The summed E-state index contributed by atoms with van der Waals surface area (Å²) in [4.78, 5) is 20.8. The lowest BCUT2D eigenvalue weighted by Crippen LogP contribution is -2.14. The highest BCUT2D eigenvalue weighted by Gasteiger charge is 2.24. The largest absolute Gasteiger partial charge is 0.508 e. The van der Waals surface area contributed by atoms with E-state index in [0.29, 0.717) is 28.8 Å². The zero-order valence-corrected chi connectivity index (χ0v) is 13.8. The standard InChI is InChI=1S/C17H19N5O2/c1-4-10-7-20-17-13(21-10)12(16(19)24)15(18)22(17)14-8(2)5-6-11(23)9(14)3/h5-7,23H,4,18H2,1-3H3,(H2,19,24). The molecule has 2 aromatic heterocycles. The molecule has 0 saturated heterocycles. The molecule has 0 bridgehead atoms. The smallest absolute Gasteiger partial charge is 0.254 e. The first-order chi connectivity index (χ1) is 11.4. The van der Waals surface area contributed by atoms with Gasteiger partial charge in [0.2, 0.25) is 0 Å². The van der Waals surface area contributed by atoms with E-state index >= 15 is 0 Å². The third-order valence-electron chi connectivity index (χ3n) is 4.19. The zero-order chi connectivity index (χ0) is 17.6. The summed E-state index contributed by atoms with van der Waals surface area (Å²) >= 11 is 0. The number of hydrogen-bond donors (Lipinski definition) is 3. The molecule has 5 N–H and O–H groups in total. The molecule has 0 atom stereocenters. The number of nitrogen functional groups attached to an aromatic ring is 1. The predicted octanol–water partition coefficient (Wildman–Crippen LogP) is 1.99. The van der Waals surface area contributed by atoms with Crippen LogP contribution in [0.3, 0.4) is 0 Å². The van der Waals surface area contributed by atoms with Gasteiger partial charge in [0.05, 0.1) is 17.6 Å². The molecule has 0 spiro atoms. The molecule has 0 aliphatic heterocycles. The van der Waals surface area contributed by atoms with Crippen molar-refractivity contribution >= 4 is 22.9 Å². The normalized spacial score (nSPS) is 11.1. The Kier molecular flexibility index (Phi) is 3.63. The van der Waals surface area contributed by atoms with Crippen LogP contribution in [0.5, 0.6) is 5.75 Å². The number of fused-ring (bicyclic) bond motifs is 1. The van der Waals surface area contributed by atoms with Gasteiger partial charge in [-0.15, -0.1) is 0 Å². The number of aromatic hydroxyl groups is 1. The second-order valence-electron chi connectivity index (χ2n) is 5.72. The second kappa shape index (κ2) is 5.52. The Bertz CT molecular complexity index is 975. The summed E-state index contributed by atoms with van der Waals surface area (Å²) in [7, 11) is 0. The molecular weight excluding hydrogens is 306 g/mol. The number of anilines is 1. The number of nitrogens with two attached hydrogens (primary N) is 2. The first kappa shape index (κ1) is 15.8. The molecule has 24 heavy (non-hydrogen) atoms. The highest BCUT2D eigenvalue weighted by molar-refractivity contribution is 6.09. The number of benzene rings is 1. The maximum Gasteiger partial charge on any atom is 0.254 e. The van der Waals surface area contributed by atoms with Crippen molar-refractivity contribution in [3.8, 4) is 11.4 Å². The number of carbonyl (C=O) groups is 1. The quantitative estimate of drug-likeness (QED) is 0.680. The number of aryl methyl sites for hydroxylation is 2. The van der Waals surface area contributed by atoms with E-state index < -0.39 is 5.91 Å². The van der Waals surface area contributed by atoms with Gasteiger partial charge in [0.15, 0.2) is 5.65 Å². The van der Waals surface area contributed by atoms with E-state index in [1.54, 1.807) is 29.8 Å². The third-order valence-corrected chi connectivity index (χ3v) is 4.19. The van der Waals surface area contributed by atoms with Gasteiger partial charge in [0, 0.05) is 5.56 Å². The van der Waals surface area contributed by atoms with Crippen LogP contribution < -0.4 is 11.5 Å². The Morgan fingerprint density at radius 2 is 2.04 bits per heavy atom. The highest BCUT2D eigenvalue weighted by atomic mass is 16.3. The van der Waals surface area contributed by atoms with Gasteiger partial charge in [-0.3, -0.25) is 9.36 Å². The number of phenolic OH excluding ortho intramolecular Hbond substituents is 1. The van der Waals surface area contributed by atoms with E-state index in [0.717, 1.165) is 11.3 Å². The number of primary amides is 1. The van der Waals surface area contributed by atoms with Gasteiger partial charge in [-0.05, 0) is 31.9 Å². The van der Waals surface area contributed by atoms with E-state index in [-0.39, 0.29) is 17.1 Å². The van der Waals surface area contributed by atoms with E-state index in [2.05, 4.69) is 9.97 Å². The molecular formula is C17H19N5O2. The van der Waals surface area contributed by atoms with Crippen LogP contribution in [0.1, 0.15) is 34.1 Å². The first-order valence-electron chi connectivity index (χ1n) is 7.61. The molecule has 3 rings (SSSR count). The zero-order valence-electron chi connectivity index (χ0n) is 13.8. The number of nitrogens with zero attached hydrogens (tertiary/aromatic N) is 3. The van der Waals surface area contributed by atoms with Gasteiger partial charge in [-0.25, -0.2) is 9.97 Å². The van der Waals surface area contributed by atoms with Crippen LogP contribution in [-0.4, -0.2) is 25.5 Å². The Hall–Kier alpha value is -3.09. The fraction of sp³-hybridized carbons (Fsp3) is 0.235. The number of carbonyl (C=O) groups excluding carboxylic acids is 1. The molecule has 0 fully saturated rings. The van der Waals surface area contributed by atoms with Gasteiger partial charge in [-0.1, -0.05) is 13.0 Å². The molecule has 0 radical (unpaired) electrons. The monoisotopic (exact) mass is 325 g/mol. The van der Waals surface area contributed by atoms with Crippen molar-refractivity contribution in [2.45, 2.75) is 27.2 Å². The molecule has 0 saturated carbocycles. The molecule has 7 nitrogen and oxygen atoms in total. The molecule has 1 aromatic carbocycles. The average Bonchev–Trinajstić information content (AvgIpc) is 2.83. The Morgan fingerprint density at radius 3 is 2.67 bits per heavy atom. The molecule has 3 aromatic rings. The van der Waals surface area contributed by atoms with Crippen LogP contribution in [0.15, 0.2) is 18.3 Å². The van der Waals surface area contributed by atoms with Gasteiger partial charge in [-0.2, -0.15) is 0 Å². The molecule has 2 heterocycles. The van der Waals surface area contributed by atoms with Crippen molar-refractivity contribution in [1.82, 2.24) is 14.5 Å². The van der Waals surface area contributed by atoms with Crippen molar-refractivity contribution in [3.63, 3.8) is 0 Å². The lowest BCUT2D eigenvalue weighted by molar-refractivity contribution is 0.100. The summed E-state index contributed by atoms with van der Waals surface area (Å²) in [5.41, 5.74) is 15.6. The molecule has 124 valence electrons. The van der Waals surface area contributed by atoms with E-state index in [9.17, 15) is 9.90 Å². The van der Waals surface area contributed by atoms with Crippen LogP contribution in [0.4, 0.5) is 5.82 Å². The number of hydrogen-bond acceptors (Lipinski definition) is 5. The molecule has 0 aliphatic carbocycles. The predicted molar refractivity (Wildman–Crippen MR) is 92.3 cm³/mol. The van der Waals surface area contributed by atoms with Crippen molar-refractivity contribution < 1.29 is 9.90 Å². The number of phenols is 1. The van der Waals surface area contributed by atoms with E-state index in [4.69, 9.17) is 11.5 Å². The van der Waals surface area contributed by atoms with Crippen LogP contribution >= 0.6 is 0 Å². The minimum absolute atomic E-state index is 0.135. The summed E-state index contributed by atoms with van der Waals surface area (Å²) in [6.07, 6.45) is 2.33. The maximum absolute atomic E-state index is 11.9. The topological polar surface area (TPSA) is 120 Å². The van der Waals surface area contributed by atoms with Gasteiger partial charge in [0.25, 0.3) is 5.91 Å². The number of amides is 1. The number of rotatable bonds is 3. The van der Waals surface area contributed by atoms with Crippen LogP contribution in [0, 0.1) is 13.8 Å². The van der Waals surface area contributed by atoms with Crippen LogP contribution in [0.2, 0.25) is 0 Å². The summed E-state index contributed by atoms with van der Waals surface area (Å²) < 4.78 is 1.63. The lowest BCUT2D eigenvalue weighted by Gasteiger charge is -2.15. The van der Waals surface area contributed by atoms with Gasteiger partial charge in [0.1, 0.15) is 22.6 Å². The summed E-state index contributed by atoms with van der Waals surface area (Å²) in [5, 5.41) is 10.1. The second-order valence-corrected chi connectivity index (χ2v) is 5.72. The minimum atomic E-state index is -0.658. The fourth-order valence-corrected chi connectivity index (χ4v) is 2.91. The maximum atomic E-state index is 11.9. The minimum Gasteiger partial charge on any atom is -0.508 e. The molecule has 0 aliphatic rings. The van der Waals surface area contributed by atoms with Gasteiger partial charge < -0.3 is 16.6 Å². The van der Waals surface area contributed by atoms with Crippen molar-refractivity contribution in [2.24, 2.45) is 5.73 Å². The molecule has 7 heteroatoms.